The van der Waals surface area contributed by atoms with Crippen LogP contribution < -0.4 is 5.32 Å². The van der Waals surface area contributed by atoms with Crippen LogP contribution >= 0.6 is 0 Å². The summed E-state index contributed by atoms with van der Waals surface area (Å²) in [6.07, 6.45) is 3.35. The fourth-order valence-corrected chi connectivity index (χ4v) is 1.50. The Balaban J connectivity index is 3.49. The molecular weight excluding hydrogens is 220 g/mol. The molecular formula is C12H20N2O3. The first-order valence-corrected chi connectivity index (χ1v) is 5.98. The standard InChI is InChI=1S/C12H20N2O3/c1-2-10(12(16)17)6-3-4-9-14-11(15)7-5-8-13/h10H,2-7,9H2,1H3,(H,14,15)(H,16,17)/t10-/m0/s1. The number of carboxylic acid groups (broad SMARTS) is 1. The van der Waals surface area contributed by atoms with Gasteiger partial charge in [0.15, 0.2) is 0 Å². The van der Waals surface area contributed by atoms with E-state index in [1.807, 2.05) is 13.0 Å². The number of nitriles is 1. The van der Waals surface area contributed by atoms with E-state index in [-0.39, 0.29) is 24.7 Å². The Kier molecular flexibility index (Phi) is 8.75. The van der Waals surface area contributed by atoms with Crippen molar-refractivity contribution in [1.82, 2.24) is 5.32 Å². The van der Waals surface area contributed by atoms with Gasteiger partial charge in [0.05, 0.1) is 12.0 Å². The van der Waals surface area contributed by atoms with Gasteiger partial charge in [-0.3, -0.25) is 9.59 Å². The average Bonchev–Trinajstić information content (AvgIpc) is 2.30. The Morgan fingerprint density at radius 2 is 2.12 bits per heavy atom. The van der Waals surface area contributed by atoms with Crippen molar-refractivity contribution in [2.75, 3.05) is 6.54 Å². The van der Waals surface area contributed by atoms with E-state index in [4.69, 9.17) is 10.4 Å². The number of aliphatic carboxylic acids is 1. The Bertz CT molecular complexity index is 284. The molecule has 96 valence electrons. The number of carboxylic acids is 1. The van der Waals surface area contributed by atoms with Gasteiger partial charge in [-0.15, -0.1) is 0 Å². The van der Waals surface area contributed by atoms with Crippen molar-refractivity contribution in [2.24, 2.45) is 5.92 Å². The highest BCUT2D eigenvalue weighted by Gasteiger charge is 2.13. The Morgan fingerprint density at radius 3 is 2.65 bits per heavy atom. The molecule has 0 unspecified atom stereocenters. The minimum absolute atomic E-state index is 0.114. The largest absolute Gasteiger partial charge is 0.481 e. The fourth-order valence-electron chi connectivity index (χ4n) is 1.50. The molecule has 5 heteroatoms. The number of rotatable bonds is 9. The molecule has 0 heterocycles. The molecule has 1 atom stereocenters. The van der Waals surface area contributed by atoms with Crippen LogP contribution in [0.15, 0.2) is 0 Å². The quantitative estimate of drug-likeness (QED) is 0.600. The molecule has 17 heavy (non-hydrogen) atoms. The first kappa shape index (κ1) is 15.4. The summed E-state index contributed by atoms with van der Waals surface area (Å²) in [6.45, 7) is 2.42. The van der Waals surface area contributed by atoms with Gasteiger partial charge in [0.1, 0.15) is 0 Å². The lowest BCUT2D eigenvalue weighted by molar-refractivity contribution is -0.142. The molecule has 0 aliphatic carbocycles. The highest BCUT2D eigenvalue weighted by molar-refractivity contribution is 5.76. The van der Waals surface area contributed by atoms with Crippen molar-refractivity contribution < 1.29 is 14.7 Å². The van der Waals surface area contributed by atoms with Crippen molar-refractivity contribution in [3.63, 3.8) is 0 Å². The SMILES string of the molecule is CC[C@@H](CCCCNC(=O)CCC#N)C(=O)O. The summed E-state index contributed by atoms with van der Waals surface area (Å²) in [5.41, 5.74) is 0. The highest BCUT2D eigenvalue weighted by Crippen LogP contribution is 2.12. The van der Waals surface area contributed by atoms with E-state index in [9.17, 15) is 9.59 Å². The van der Waals surface area contributed by atoms with Gasteiger partial charge >= 0.3 is 5.97 Å². The summed E-state index contributed by atoms with van der Waals surface area (Å²) in [5, 5.41) is 19.8. The van der Waals surface area contributed by atoms with Crippen LogP contribution in [0, 0.1) is 17.2 Å². The molecule has 0 radical (unpaired) electrons. The molecule has 0 aliphatic heterocycles. The van der Waals surface area contributed by atoms with Crippen molar-refractivity contribution >= 4 is 11.9 Å². The highest BCUT2D eigenvalue weighted by atomic mass is 16.4. The van der Waals surface area contributed by atoms with Crippen LogP contribution in [0.4, 0.5) is 0 Å². The third-order valence-electron chi connectivity index (χ3n) is 2.61. The van der Waals surface area contributed by atoms with Crippen molar-refractivity contribution in [3.05, 3.63) is 0 Å². The summed E-state index contributed by atoms with van der Waals surface area (Å²) in [7, 11) is 0. The third-order valence-corrected chi connectivity index (χ3v) is 2.61. The van der Waals surface area contributed by atoms with Crippen LogP contribution in [0.2, 0.25) is 0 Å². The summed E-state index contributed by atoms with van der Waals surface area (Å²) >= 11 is 0. The fraction of sp³-hybridized carbons (Fsp3) is 0.750. The maximum atomic E-state index is 11.1. The van der Waals surface area contributed by atoms with Gasteiger partial charge in [-0.2, -0.15) is 5.26 Å². The first-order valence-electron chi connectivity index (χ1n) is 5.98. The molecule has 0 aromatic heterocycles. The molecule has 0 fully saturated rings. The molecule has 5 nitrogen and oxygen atoms in total. The van der Waals surface area contributed by atoms with Crippen molar-refractivity contribution in [1.29, 1.82) is 5.26 Å². The zero-order valence-electron chi connectivity index (χ0n) is 10.2. The minimum atomic E-state index is -0.745. The van der Waals surface area contributed by atoms with Gasteiger partial charge < -0.3 is 10.4 Å². The molecule has 0 aromatic carbocycles. The average molecular weight is 240 g/mol. The molecule has 0 saturated carbocycles. The van der Waals surface area contributed by atoms with Gasteiger partial charge in [0, 0.05) is 19.4 Å². The molecule has 1 amide bonds. The maximum Gasteiger partial charge on any atom is 0.306 e. The predicted octanol–water partition coefficient (Wildman–Crippen LogP) is 1.69. The number of nitrogens with one attached hydrogen (secondary N) is 1. The second kappa shape index (κ2) is 9.64. The number of hydrogen-bond acceptors (Lipinski definition) is 3. The second-order valence-corrected chi connectivity index (χ2v) is 3.95. The van der Waals surface area contributed by atoms with E-state index in [1.54, 1.807) is 0 Å². The van der Waals surface area contributed by atoms with Crippen LogP contribution in [0.5, 0.6) is 0 Å². The molecule has 0 bridgehead atoms. The van der Waals surface area contributed by atoms with Gasteiger partial charge in [-0.05, 0) is 19.3 Å². The minimum Gasteiger partial charge on any atom is -0.481 e. The smallest absolute Gasteiger partial charge is 0.306 e. The van der Waals surface area contributed by atoms with E-state index >= 15 is 0 Å². The van der Waals surface area contributed by atoms with Crippen LogP contribution in [0.25, 0.3) is 0 Å². The van der Waals surface area contributed by atoms with Gasteiger partial charge in [0.25, 0.3) is 0 Å². The first-order chi connectivity index (χ1) is 8.11. The number of carbonyl (C=O) groups is 2. The predicted molar refractivity (Wildman–Crippen MR) is 63.1 cm³/mol. The molecule has 0 aromatic rings. The number of unbranched alkanes of at least 4 members (excludes halogenated alkanes) is 1. The lowest BCUT2D eigenvalue weighted by atomic mass is 9.99. The van der Waals surface area contributed by atoms with E-state index in [0.717, 1.165) is 12.8 Å². The topological polar surface area (TPSA) is 90.2 Å². The van der Waals surface area contributed by atoms with E-state index in [1.165, 1.54) is 0 Å². The lowest BCUT2D eigenvalue weighted by Crippen LogP contribution is -2.24. The van der Waals surface area contributed by atoms with Crippen molar-refractivity contribution in [3.8, 4) is 6.07 Å². The third kappa shape index (κ3) is 8.26. The number of hydrogen-bond donors (Lipinski definition) is 2. The number of nitrogens with zero attached hydrogens (tertiary/aromatic N) is 1. The summed E-state index contributed by atoms with van der Waals surface area (Å²) in [5.74, 6) is -1.13. The molecule has 0 rings (SSSR count). The lowest BCUT2D eigenvalue weighted by Gasteiger charge is -2.09. The zero-order chi connectivity index (χ0) is 13.1. The summed E-state index contributed by atoms with van der Waals surface area (Å²) < 4.78 is 0. The van der Waals surface area contributed by atoms with Crippen LogP contribution in [0.1, 0.15) is 45.4 Å². The van der Waals surface area contributed by atoms with E-state index in [2.05, 4.69) is 5.32 Å². The molecule has 2 N–H and O–H groups in total. The second-order valence-electron chi connectivity index (χ2n) is 3.95. The van der Waals surface area contributed by atoms with Gasteiger partial charge in [-0.1, -0.05) is 13.3 Å². The number of amides is 1. The molecule has 0 spiro atoms. The monoisotopic (exact) mass is 240 g/mol. The maximum absolute atomic E-state index is 11.1. The van der Waals surface area contributed by atoms with E-state index < -0.39 is 5.97 Å². The Hall–Kier alpha value is -1.57. The van der Waals surface area contributed by atoms with Crippen LogP contribution in [-0.2, 0) is 9.59 Å². The van der Waals surface area contributed by atoms with Crippen LogP contribution in [-0.4, -0.2) is 23.5 Å². The summed E-state index contributed by atoms with van der Waals surface area (Å²) in [4.78, 5) is 21.8. The van der Waals surface area contributed by atoms with Gasteiger partial charge in [-0.25, -0.2) is 0 Å². The zero-order valence-corrected chi connectivity index (χ0v) is 10.2. The van der Waals surface area contributed by atoms with E-state index in [0.29, 0.717) is 19.4 Å². The molecule has 0 saturated heterocycles. The summed E-state index contributed by atoms with van der Waals surface area (Å²) in [6, 6.07) is 1.91. The Labute approximate surface area is 102 Å². The van der Waals surface area contributed by atoms with Gasteiger partial charge in [0.2, 0.25) is 5.91 Å². The van der Waals surface area contributed by atoms with Crippen LogP contribution in [0.3, 0.4) is 0 Å². The Morgan fingerprint density at radius 1 is 1.41 bits per heavy atom. The van der Waals surface area contributed by atoms with Crippen molar-refractivity contribution in [2.45, 2.75) is 45.4 Å². The molecule has 0 aliphatic rings. The normalized spacial score (nSPS) is 11.5. The number of carbonyl (C=O) groups excluding carboxylic acids is 1.